The predicted molar refractivity (Wildman–Crippen MR) is 68.7 cm³/mol. The molecule has 0 aromatic heterocycles. The van der Waals surface area contributed by atoms with Crippen LogP contribution in [0.4, 0.5) is 0 Å². The van der Waals surface area contributed by atoms with Crippen LogP contribution in [0.5, 0.6) is 0 Å². The van der Waals surface area contributed by atoms with Crippen molar-refractivity contribution in [3.63, 3.8) is 0 Å². The summed E-state index contributed by atoms with van der Waals surface area (Å²) in [6.45, 7) is 3.71. The number of carbonyl (C=O) groups is 1. The second kappa shape index (κ2) is 3.95. The van der Waals surface area contributed by atoms with Gasteiger partial charge in [-0.1, -0.05) is 17.7 Å². The molecule has 0 radical (unpaired) electrons. The minimum Gasteiger partial charge on any atom is -0.468 e. The Hall–Kier alpha value is -1.10. The summed E-state index contributed by atoms with van der Waals surface area (Å²) in [5, 5.41) is 0. The van der Waals surface area contributed by atoms with Crippen LogP contribution < -0.4 is 0 Å². The number of sulfone groups is 1. The van der Waals surface area contributed by atoms with Crippen molar-refractivity contribution in [1.82, 2.24) is 0 Å². The lowest BCUT2D eigenvalue weighted by Crippen LogP contribution is -2.52. The maximum Gasteiger partial charge on any atom is 0.332 e. The molecule has 100 valence electrons. The molecule has 0 unspecified atom stereocenters. The van der Waals surface area contributed by atoms with Gasteiger partial charge in [0.05, 0.1) is 7.11 Å². The Morgan fingerprint density at radius 1 is 1.39 bits per heavy atom. The molecular weight excluding hydrogens is 252 g/mol. The van der Waals surface area contributed by atoms with Crippen molar-refractivity contribution in [2.75, 3.05) is 13.4 Å². The normalized spacial score (nSPS) is 33.9. The Balaban J connectivity index is 2.79. The Morgan fingerprint density at radius 2 is 2.00 bits per heavy atom. The number of allylic oxidation sites excluding steroid dienone is 3. The highest BCUT2D eigenvalue weighted by Crippen LogP contribution is 2.55. The van der Waals surface area contributed by atoms with Crippen LogP contribution in [0.3, 0.4) is 0 Å². The van der Waals surface area contributed by atoms with Gasteiger partial charge in [-0.3, -0.25) is 0 Å². The van der Waals surface area contributed by atoms with Crippen molar-refractivity contribution in [1.29, 1.82) is 0 Å². The lowest BCUT2D eigenvalue weighted by molar-refractivity contribution is -0.143. The Morgan fingerprint density at radius 3 is 2.44 bits per heavy atom. The smallest absolute Gasteiger partial charge is 0.332 e. The van der Waals surface area contributed by atoms with Crippen LogP contribution >= 0.6 is 0 Å². The molecule has 0 N–H and O–H groups in total. The first kappa shape index (κ1) is 13.3. The van der Waals surface area contributed by atoms with E-state index >= 15 is 0 Å². The second-order valence-corrected chi connectivity index (χ2v) is 7.43. The molecule has 4 nitrogen and oxygen atoms in total. The van der Waals surface area contributed by atoms with Crippen molar-refractivity contribution in [2.24, 2.45) is 11.8 Å². The number of fused-ring (bicyclic) bond motifs is 2. The molecule has 0 aromatic rings. The molecule has 0 saturated heterocycles. The third-order valence-corrected chi connectivity index (χ3v) is 5.85. The third kappa shape index (κ3) is 1.43. The van der Waals surface area contributed by atoms with Crippen molar-refractivity contribution >= 4 is 15.8 Å². The average Bonchev–Trinajstić information content (AvgIpc) is 2.84. The van der Waals surface area contributed by atoms with E-state index in [1.807, 2.05) is 26.0 Å². The number of ether oxygens (including phenoxy) is 1. The first-order valence-electron chi connectivity index (χ1n) is 5.91. The van der Waals surface area contributed by atoms with Crippen LogP contribution in [0.2, 0.25) is 0 Å². The van der Waals surface area contributed by atoms with E-state index in [1.165, 1.54) is 7.11 Å². The highest BCUT2D eigenvalue weighted by atomic mass is 32.2. The lowest BCUT2D eigenvalue weighted by atomic mass is 9.85. The summed E-state index contributed by atoms with van der Waals surface area (Å²) < 4.78 is 27.9. The number of rotatable bonds is 2. The number of hydrogen-bond donors (Lipinski definition) is 0. The fourth-order valence-corrected chi connectivity index (χ4v) is 5.34. The maximum atomic E-state index is 12.3. The van der Waals surface area contributed by atoms with Gasteiger partial charge in [0.2, 0.25) is 0 Å². The van der Waals surface area contributed by atoms with E-state index in [0.717, 1.165) is 11.8 Å². The first-order chi connectivity index (χ1) is 8.26. The highest BCUT2D eigenvalue weighted by molar-refractivity contribution is 7.93. The number of methoxy groups -OCH3 is 1. The van der Waals surface area contributed by atoms with Gasteiger partial charge < -0.3 is 4.74 Å². The van der Waals surface area contributed by atoms with Crippen molar-refractivity contribution in [3.8, 4) is 0 Å². The predicted octanol–water partition coefficient (Wildman–Crippen LogP) is 1.49. The average molecular weight is 270 g/mol. The SMILES string of the molecule is COC(=O)[C@@]1(S(C)(=O)=O)C(=C(C)C)[C@H]2C=C[C@@H]1C2. The van der Waals surface area contributed by atoms with Gasteiger partial charge in [-0.2, -0.15) is 0 Å². The molecule has 2 rings (SSSR count). The molecule has 2 aliphatic rings. The van der Waals surface area contributed by atoms with Gasteiger partial charge in [-0.15, -0.1) is 0 Å². The molecule has 0 spiro atoms. The fraction of sp³-hybridized carbons (Fsp3) is 0.615. The van der Waals surface area contributed by atoms with E-state index in [4.69, 9.17) is 4.74 Å². The summed E-state index contributed by atoms with van der Waals surface area (Å²) in [5.74, 6) is -0.901. The molecule has 1 saturated carbocycles. The van der Waals surface area contributed by atoms with Gasteiger partial charge >= 0.3 is 5.97 Å². The first-order valence-corrected chi connectivity index (χ1v) is 7.80. The highest BCUT2D eigenvalue weighted by Gasteiger charge is 2.64. The molecule has 5 heteroatoms. The van der Waals surface area contributed by atoms with Gasteiger partial charge in [0, 0.05) is 18.1 Å². The van der Waals surface area contributed by atoms with Gasteiger partial charge in [0.25, 0.3) is 0 Å². The minimum absolute atomic E-state index is 0.0498. The van der Waals surface area contributed by atoms with Crippen molar-refractivity contribution in [3.05, 3.63) is 23.3 Å². The Bertz CT molecular complexity index is 552. The lowest BCUT2D eigenvalue weighted by Gasteiger charge is -2.33. The molecule has 2 bridgehead atoms. The molecule has 3 atom stereocenters. The molecule has 18 heavy (non-hydrogen) atoms. The van der Waals surface area contributed by atoms with Gasteiger partial charge in [0.1, 0.15) is 0 Å². The van der Waals surface area contributed by atoms with Crippen molar-refractivity contribution in [2.45, 2.75) is 25.0 Å². The largest absolute Gasteiger partial charge is 0.468 e. The molecule has 0 heterocycles. The number of carbonyl (C=O) groups excluding carboxylic acids is 1. The molecule has 0 amide bonds. The second-order valence-electron chi connectivity index (χ2n) is 5.25. The van der Waals surface area contributed by atoms with Crippen LogP contribution in [-0.4, -0.2) is 32.5 Å². The van der Waals surface area contributed by atoms with E-state index in [-0.39, 0.29) is 11.8 Å². The summed E-state index contributed by atoms with van der Waals surface area (Å²) in [4.78, 5) is 12.2. The topological polar surface area (TPSA) is 60.4 Å². The molecular formula is C13H18O4S. The molecule has 0 aliphatic heterocycles. The summed E-state index contributed by atoms with van der Waals surface area (Å²) in [5.41, 5.74) is 1.60. The van der Waals surface area contributed by atoms with E-state index in [0.29, 0.717) is 12.0 Å². The Kier molecular flexibility index (Phi) is 2.93. The van der Waals surface area contributed by atoms with Crippen molar-refractivity contribution < 1.29 is 17.9 Å². The number of esters is 1. The van der Waals surface area contributed by atoms with E-state index < -0.39 is 20.6 Å². The zero-order valence-corrected chi connectivity index (χ0v) is 11.9. The fourth-order valence-electron chi connectivity index (χ4n) is 3.47. The summed E-state index contributed by atoms with van der Waals surface area (Å²) in [6, 6.07) is 0. The minimum atomic E-state index is -3.58. The third-order valence-electron chi connectivity index (χ3n) is 3.99. The Labute approximate surface area is 108 Å². The summed E-state index contributed by atoms with van der Waals surface area (Å²) >= 11 is 0. The molecule has 2 aliphatic carbocycles. The van der Waals surface area contributed by atoms with E-state index in [1.54, 1.807) is 0 Å². The zero-order valence-electron chi connectivity index (χ0n) is 11.1. The summed E-state index contributed by atoms with van der Waals surface area (Å²) in [6.07, 6.45) is 5.65. The van der Waals surface area contributed by atoms with Crippen LogP contribution in [-0.2, 0) is 19.4 Å². The standard InChI is InChI=1S/C13H18O4S/c1-8(2)11-9-5-6-10(7-9)13(11,12(14)17-3)18(4,15)16/h5-6,9-10H,7H2,1-4H3/t9-,10+,13-/m0/s1. The van der Waals surface area contributed by atoms with Crippen LogP contribution in [0.25, 0.3) is 0 Å². The maximum absolute atomic E-state index is 12.3. The van der Waals surface area contributed by atoms with E-state index in [9.17, 15) is 13.2 Å². The molecule has 1 fully saturated rings. The zero-order chi connectivity index (χ0) is 13.7. The summed E-state index contributed by atoms with van der Waals surface area (Å²) in [7, 11) is -2.34. The van der Waals surface area contributed by atoms with Crippen LogP contribution in [0.15, 0.2) is 23.3 Å². The monoisotopic (exact) mass is 270 g/mol. The number of hydrogen-bond acceptors (Lipinski definition) is 4. The van der Waals surface area contributed by atoms with Gasteiger partial charge in [0.15, 0.2) is 14.6 Å². The van der Waals surface area contributed by atoms with Gasteiger partial charge in [-0.05, 0) is 25.8 Å². The van der Waals surface area contributed by atoms with Crippen LogP contribution in [0, 0.1) is 11.8 Å². The molecule has 0 aromatic carbocycles. The van der Waals surface area contributed by atoms with Gasteiger partial charge in [-0.25, -0.2) is 13.2 Å². The van der Waals surface area contributed by atoms with Crippen LogP contribution in [0.1, 0.15) is 20.3 Å². The quantitative estimate of drug-likeness (QED) is 0.563. The van der Waals surface area contributed by atoms with E-state index in [2.05, 4.69) is 0 Å².